The molecule has 5 nitrogen and oxygen atoms in total. The van der Waals surface area contributed by atoms with Crippen molar-refractivity contribution in [3.05, 3.63) is 29.8 Å². The van der Waals surface area contributed by atoms with E-state index in [2.05, 4.69) is 0 Å². The molecule has 1 fully saturated rings. The minimum absolute atomic E-state index is 0.174. The maximum absolute atomic E-state index is 11.2. The SMILES string of the molecule is COc1ccc(COCC[C@@H]2OC(=O)[C@H](O)[C@H]2C)cc1. The first kappa shape index (κ1) is 14.8. The van der Waals surface area contributed by atoms with E-state index >= 15 is 0 Å². The number of aliphatic hydroxyl groups is 1. The standard InChI is InChI=1S/C15H20O5/c1-10-13(20-15(17)14(10)16)7-8-19-9-11-3-5-12(18-2)6-4-11/h3-6,10,13-14,16H,7-9H2,1-2H3/t10-,13-,14+/m0/s1. The molecule has 0 spiro atoms. The third-order valence-electron chi connectivity index (χ3n) is 3.57. The zero-order valence-electron chi connectivity index (χ0n) is 11.7. The number of esters is 1. The van der Waals surface area contributed by atoms with E-state index in [1.165, 1.54) is 0 Å². The number of rotatable bonds is 6. The average molecular weight is 280 g/mol. The Kier molecular flexibility index (Phi) is 4.98. The molecule has 0 radical (unpaired) electrons. The van der Waals surface area contributed by atoms with E-state index in [0.29, 0.717) is 19.6 Å². The molecule has 0 aromatic heterocycles. The first-order valence-corrected chi connectivity index (χ1v) is 6.71. The van der Waals surface area contributed by atoms with E-state index < -0.39 is 12.1 Å². The minimum atomic E-state index is -0.999. The second-order valence-corrected chi connectivity index (χ2v) is 4.97. The molecule has 0 amide bonds. The molecule has 0 aliphatic carbocycles. The first-order valence-electron chi connectivity index (χ1n) is 6.71. The van der Waals surface area contributed by atoms with Gasteiger partial charge < -0.3 is 19.3 Å². The second kappa shape index (κ2) is 6.72. The van der Waals surface area contributed by atoms with E-state index in [9.17, 15) is 9.90 Å². The maximum atomic E-state index is 11.2. The lowest BCUT2D eigenvalue weighted by molar-refractivity contribution is -0.147. The molecule has 2 rings (SSSR count). The Bertz CT molecular complexity index is 442. The summed E-state index contributed by atoms with van der Waals surface area (Å²) in [6.07, 6.45) is -0.657. The smallest absolute Gasteiger partial charge is 0.335 e. The van der Waals surface area contributed by atoms with Crippen molar-refractivity contribution in [2.45, 2.75) is 32.2 Å². The van der Waals surface area contributed by atoms with E-state index in [1.54, 1.807) is 7.11 Å². The van der Waals surface area contributed by atoms with E-state index in [1.807, 2.05) is 31.2 Å². The Morgan fingerprint density at radius 2 is 2.00 bits per heavy atom. The van der Waals surface area contributed by atoms with Crippen molar-refractivity contribution in [2.24, 2.45) is 5.92 Å². The van der Waals surface area contributed by atoms with Crippen LogP contribution in [0, 0.1) is 5.92 Å². The van der Waals surface area contributed by atoms with Gasteiger partial charge in [0.1, 0.15) is 11.9 Å². The molecule has 1 heterocycles. The number of hydrogen-bond donors (Lipinski definition) is 1. The summed E-state index contributed by atoms with van der Waals surface area (Å²) in [5.41, 5.74) is 1.06. The highest BCUT2D eigenvalue weighted by Gasteiger charge is 2.40. The molecule has 1 aliphatic rings. The van der Waals surface area contributed by atoms with Crippen LogP contribution < -0.4 is 4.74 Å². The van der Waals surface area contributed by atoms with Crippen molar-refractivity contribution >= 4 is 5.97 Å². The molecular weight excluding hydrogens is 260 g/mol. The van der Waals surface area contributed by atoms with Crippen LogP contribution in [0.3, 0.4) is 0 Å². The monoisotopic (exact) mass is 280 g/mol. The molecule has 3 atom stereocenters. The van der Waals surface area contributed by atoms with Crippen molar-refractivity contribution in [2.75, 3.05) is 13.7 Å². The third kappa shape index (κ3) is 3.49. The molecule has 1 saturated heterocycles. The van der Waals surface area contributed by atoms with Gasteiger partial charge in [0.15, 0.2) is 6.10 Å². The lowest BCUT2D eigenvalue weighted by Gasteiger charge is -2.14. The van der Waals surface area contributed by atoms with Crippen LogP contribution in [-0.4, -0.2) is 37.0 Å². The van der Waals surface area contributed by atoms with Gasteiger partial charge >= 0.3 is 5.97 Å². The fraction of sp³-hybridized carbons (Fsp3) is 0.533. The summed E-state index contributed by atoms with van der Waals surface area (Å²) in [7, 11) is 1.63. The summed E-state index contributed by atoms with van der Waals surface area (Å²) in [5.74, 6) is 0.110. The van der Waals surface area contributed by atoms with E-state index in [4.69, 9.17) is 14.2 Å². The zero-order chi connectivity index (χ0) is 14.5. The second-order valence-electron chi connectivity index (χ2n) is 4.97. The van der Waals surface area contributed by atoms with Gasteiger partial charge in [-0.05, 0) is 17.7 Å². The minimum Gasteiger partial charge on any atom is -0.497 e. The number of ether oxygens (including phenoxy) is 3. The summed E-state index contributed by atoms with van der Waals surface area (Å²) >= 11 is 0. The van der Waals surface area contributed by atoms with Crippen LogP contribution in [0.1, 0.15) is 18.9 Å². The molecule has 0 saturated carbocycles. The van der Waals surface area contributed by atoms with Crippen molar-refractivity contribution < 1.29 is 24.1 Å². The van der Waals surface area contributed by atoms with Gasteiger partial charge in [-0.1, -0.05) is 19.1 Å². The fourth-order valence-electron chi connectivity index (χ4n) is 2.18. The molecule has 1 aliphatic heterocycles. The summed E-state index contributed by atoms with van der Waals surface area (Å²) < 4.78 is 15.7. The van der Waals surface area contributed by atoms with E-state index in [0.717, 1.165) is 11.3 Å². The molecule has 1 N–H and O–H groups in total. The molecule has 20 heavy (non-hydrogen) atoms. The Hall–Kier alpha value is -1.59. The molecule has 1 aromatic rings. The van der Waals surface area contributed by atoms with Gasteiger partial charge in [0.2, 0.25) is 0 Å². The summed E-state index contributed by atoms with van der Waals surface area (Å²) in [5, 5.41) is 9.49. The summed E-state index contributed by atoms with van der Waals surface area (Å²) in [6, 6.07) is 7.66. The van der Waals surface area contributed by atoms with Crippen molar-refractivity contribution in [1.82, 2.24) is 0 Å². The van der Waals surface area contributed by atoms with Gasteiger partial charge in [-0.3, -0.25) is 0 Å². The van der Waals surface area contributed by atoms with E-state index in [-0.39, 0.29) is 12.0 Å². The number of methoxy groups -OCH3 is 1. The number of carbonyl (C=O) groups is 1. The summed E-state index contributed by atoms with van der Waals surface area (Å²) in [6.45, 7) is 2.80. The molecule has 110 valence electrons. The van der Waals surface area contributed by atoms with Crippen LogP contribution in [0.4, 0.5) is 0 Å². The highest BCUT2D eigenvalue weighted by Crippen LogP contribution is 2.24. The average Bonchev–Trinajstić information content (AvgIpc) is 2.71. The Morgan fingerprint density at radius 3 is 2.55 bits per heavy atom. The van der Waals surface area contributed by atoms with Gasteiger partial charge in [-0.25, -0.2) is 4.79 Å². The number of carbonyl (C=O) groups excluding carboxylic acids is 1. The maximum Gasteiger partial charge on any atom is 0.335 e. The quantitative estimate of drug-likeness (QED) is 0.632. The highest BCUT2D eigenvalue weighted by molar-refractivity contribution is 5.77. The van der Waals surface area contributed by atoms with Crippen molar-refractivity contribution in [1.29, 1.82) is 0 Å². The van der Waals surface area contributed by atoms with Crippen LogP contribution in [0.25, 0.3) is 0 Å². The van der Waals surface area contributed by atoms with Gasteiger partial charge in [0, 0.05) is 12.3 Å². The topological polar surface area (TPSA) is 65.0 Å². The van der Waals surface area contributed by atoms with Gasteiger partial charge in [0.05, 0.1) is 20.3 Å². The third-order valence-corrected chi connectivity index (χ3v) is 3.57. The number of cyclic esters (lactones) is 1. The zero-order valence-corrected chi connectivity index (χ0v) is 11.7. The van der Waals surface area contributed by atoms with Crippen molar-refractivity contribution in [3.63, 3.8) is 0 Å². The van der Waals surface area contributed by atoms with Gasteiger partial charge in [-0.15, -0.1) is 0 Å². The largest absolute Gasteiger partial charge is 0.497 e. The summed E-state index contributed by atoms with van der Waals surface area (Å²) in [4.78, 5) is 11.2. The van der Waals surface area contributed by atoms with Crippen LogP contribution in [0.2, 0.25) is 0 Å². The number of benzene rings is 1. The molecule has 5 heteroatoms. The molecule has 0 unspecified atom stereocenters. The molecule has 1 aromatic carbocycles. The van der Waals surface area contributed by atoms with Crippen LogP contribution in [0.5, 0.6) is 5.75 Å². The van der Waals surface area contributed by atoms with Crippen LogP contribution >= 0.6 is 0 Å². The molecule has 0 bridgehead atoms. The normalized spacial score (nSPS) is 25.6. The predicted molar refractivity (Wildman–Crippen MR) is 72.3 cm³/mol. The predicted octanol–water partition coefficient (Wildman–Crippen LogP) is 1.52. The number of hydrogen-bond acceptors (Lipinski definition) is 5. The molecular formula is C15H20O5. The Balaban J connectivity index is 1.70. The fourth-order valence-corrected chi connectivity index (χ4v) is 2.18. The number of aliphatic hydroxyl groups excluding tert-OH is 1. The van der Waals surface area contributed by atoms with Gasteiger partial charge in [0.25, 0.3) is 0 Å². The van der Waals surface area contributed by atoms with Crippen molar-refractivity contribution in [3.8, 4) is 5.75 Å². The Labute approximate surface area is 118 Å². The van der Waals surface area contributed by atoms with Crippen LogP contribution in [0.15, 0.2) is 24.3 Å². The lowest BCUT2D eigenvalue weighted by atomic mass is 9.99. The Morgan fingerprint density at radius 1 is 1.30 bits per heavy atom. The van der Waals surface area contributed by atoms with Gasteiger partial charge in [-0.2, -0.15) is 0 Å². The first-order chi connectivity index (χ1) is 9.61. The highest BCUT2D eigenvalue weighted by atomic mass is 16.6. The van der Waals surface area contributed by atoms with Crippen LogP contribution in [-0.2, 0) is 20.9 Å². The lowest BCUT2D eigenvalue weighted by Crippen LogP contribution is -2.23.